The van der Waals surface area contributed by atoms with E-state index >= 15 is 0 Å². The molecule has 0 radical (unpaired) electrons. The Balaban J connectivity index is 2.93. The molecule has 1 heteroatoms. The van der Waals surface area contributed by atoms with Gasteiger partial charge in [-0.05, 0) is 36.6 Å². The van der Waals surface area contributed by atoms with E-state index in [9.17, 15) is 0 Å². The highest BCUT2D eigenvalue weighted by molar-refractivity contribution is 5.44. The topological polar surface area (TPSA) is 26.0 Å². The number of hydrogen-bond acceptors (Lipinski definition) is 1. The summed E-state index contributed by atoms with van der Waals surface area (Å²) in [6, 6.07) is 6.10. The molecular formula is C10H15N. The summed E-state index contributed by atoms with van der Waals surface area (Å²) in [5.74, 6) is 0. The van der Waals surface area contributed by atoms with Crippen LogP contribution in [0.5, 0.6) is 0 Å². The monoisotopic (exact) mass is 149 g/mol. The number of nitrogen functional groups attached to an aromatic ring is 1. The van der Waals surface area contributed by atoms with Gasteiger partial charge in [-0.3, -0.25) is 0 Å². The van der Waals surface area contributed by atoms with E-state index in [-0.39, 0.29) is 0 Å². The van der Waals surface area contributed by atoms with Crippen LogP contribution in [0.3, 0.4) is 0 Å². The van der Waals surface area contributed by atoms with Crippen molar-refractivity contribution in [3.63, 3.8) is 0 Å². The Bertz CT molecular complexity index is 241. The van der Waals surface area contributed by atoms with Crippen LogP contribution in [0.25, 0.3) is 0 Å². The first-order valence-electron chi connectivity index (χ1n) is 4.09. The van der Waals surface area contributed by atoms with Crippen LogP contribution in [0.4, 0.5) is 5.69 Å². The van der Waals surface area contributed by atoms with Crippen molar-refractivity contribution in [2.24, 2.45) is 0 Å². The van der Waals surface area contributed by atoms with Crippen molar-refractivity contribution >= 4 is 5.69 Å². The van der Waals surface area contributed by atoms with E-state index in [0.29, 0.717) is 0 Å². The fraction of sp³-hybridized carbons (Fsp3) is 0.400. The highest BCUT2D eigenvalue weighted by Gasteiger charge is 1.96. The van der Waals surface area contributed by atoms with Crippen molar-refractivity contribution < 1.29 is 0 Å². The van der Waals surface area contributed by atoms with Crippen LogP contribution in [-0.2, 0) is 6.42 Å². The average Bonchev–Trinajstić information content (AvgIpc) is 1.98. The first kappa shape index (κ1) is 8.12. The van der Waals surface area contributed by atoms with Gasteiger partial charge >= 0.3 is 0 Å². The molecular weight excluding hydrogens is 134 g/mol. The minimum atomic E-state index is 0.874. The van der Waals surface area contributed by atoms with Gasteiger partial charge in [-0.2, -0.15) is 0 Å². The van der Waals surface area contributed by atoms with Gasteiger partial charge in [0.2, 0.25) is 0 Å². The third-order valence-corrected chi connectivity index (χ3v) is 1.89. The molecule has 2 N–H and O–H groups in total. The largest absolute Gasteiger partial charge is 0.399 e. The molecule has 0 heterocycles. The number of hydrogen-bond donors (Lipinski definition) is 1. The van der Waals surface area contributed by atoms with E-state index in [2.05, 4.69) is 26.0 Å². The van der Waals surface area contributed by atoms with Gasteiger partial charge < -0.3 is 5.73 Å². The lowest BCUT2D eigenvalue weighted by atomic mass is 10.0. The number of nitrogens with two attached hydrogens (primary N) is 1. The van der Waals surface area contributed by atoms with Gasteiger partial charge in [-0.1, -0.05) is 19.4 Å². The van der Waals surface area contributed by atoms with Gasteiger partial charge in [0, 0.05) is 5.69 Å². The SMILES string of the molecule is CCCc1cc(N)ccc1C. The minimum absolute atomic E-state index is 0.874. The molecule has 0 aliphatic carbocycles. The van der Waals surface area contributed by atoms with Crippen molar-refractivity contribution in [3.05, 3.63) is 29.3 Å². The third kappa shape index (κ3) is 1.97. The van der Waals surface area contributed by atoms with Gasteiger partial charge in [0.05, 0.1) is 0 Å². The molecule has 0 spiro atoms. The van der Waals surface area contributed by atoms with Crippen LogP contribution in [0.1, 0.15) is 24.5 Å². The molecule has 0 saturated heterocycles. The Morgan fingerprint density at radius 1 is 1.36 bits per heavy atom. The summed E-state index contributed by atoms with van der Waals surface area (Å²) >= 11 is 0. The Kier molecular flexibility index (Phi) is 2.53. The molecule has 11 heavy (non-hydrogen) atoms. The maximum atomic E-state index is 5.66. The summed E-state index contributed by atoms with van der Waals surface area (Å²) in [6.07, 6.45) is 2.32. The zero-order valence-electron chi connectivity index (χ0n) is 7.22. The fourth-order valence-electron chi connectivity index (χ4n) is 1.23. The predicted molar refractivity (Wildman–Crippen MR) is 49.6 cm³/mol. The maximum absolute atomic E-state index is 5.66. The van der Waals surface area contributed by atoms with E-state index in [1.165, 1.54) is 17.5 Å². The molecule has 0 aromatic heterocycles. The summed E-state index contributed by atoms with van der Waals surface area (Å²) in [6.45, 7) is 4.31. The summed E-state index contributed by atoms with van der Waals surface area (Å²) in [7, 11) is 0. The van der Waals surface area contributed by atoms with Crippen LogP contribution >= 0.6 is 0 Å². The van der Waals surface area contributed by atoms with Gasteiger partial charge in [0.25, 0.3) is 0 Å². The molecule has 0 bridgehead atoms. The number of rotatable bonds is 2. The van der Waals surface area contributed by atoms with Crippen LogP contribution in [0.2, 0.25) is 0 Å². The van der Waals surface area contributed by atoms with Crippen molar-refractivity contribution in [3.8, 4) is 0 Å². The summed E-state index contributed by atoms with van der Waals surface area (Å²) in [5, 5.41) is 0. The molecule has 1 nitrogen and oxygen atoms in total. The Morgan fingerprint density at radius 3 is 2.73 bits per heavy atom. The lowest BCUT2D eigenvalue weighted by Crippen LogP contribution is -1.91. The van der Waals surface area contributed by atoms with Crippen LogP contribution in [-0.4, -0.2) is 0 Å². The molecule has 1 rings (SSSR count). The van der Waals surface area contributed by atoms with Gasteiger partial charge in [-0.25, -0.2) is 0 Å². The molecule has 0 atom stereocenters. The standard InChI is InChI=1S/C10H15N/c1-3-4-9-7-10(11)6-5-8(9)2/h5-7H,3-4,11H2,1-2H3. The second-order valence-electron chi connectivity index (χ2n) is 2.94. The van der Waals surface area contributed by atoms with E-state index in [1.807, 2.05) is 6.07 Å². The number of anilines is 1. The summed E-state index contributed by atoms with van der Waals surface area (Å²) in [5.41, 5.74) is 9.26. The van der Waals surface area contributed by atoms with Gasteiger partial charge in [-0.15, -0.1) is 0 Å². The number of aryl methyl sites for hydroxylation is 2. The average molecular weight is 149 g/mol. The summed E-state index contributed by atoms with van der Waals surface area (Å²) in [4.78, 5) is 0. The Hall–Kier alpha value is -0.980. The first-order chi connectivity index (χ1) is 5.24. The molecule has 0 saturated carbocycles. The molecule has 0 amide bonds. The number of benzene rings is 1. The highest BCUT2D eigenvalue weighted by atomic mass is 14.5. The minimum Gasteiger partial charge on any atom is -0.399 e. The van der Waals surface area contributed by atoms with Crippen molar-refractivity contribution in [1.29, 1.82) is 0 Å². The van der Waals surface area contributed by atoms with Crippen molar-refractivity contribution in [1.82, 2.24) is 0 Å². The third-order valence-electron chi connectivity index (χ3n) is 1.89. The van der Waals surface area contributed by atoms with E-state index < -0.39 is 0 Å². The zero-order chi connectivity index (χ0) is 8.27. The van der Waals surface area contributed by atoms with Crippen molar-refractivity contribution in [2.75, 3.05) is 5.73 Å². The fourth-order valence-corrected chi connectivity index (χ4v) is 1.23. The second kappa shape index (κ2) is 3.42. The second-order valence-corrected chi connectivity index (χ2v) is 2.94. The summed E-state index contributed by atoms with van der Waals surface area (Å²) < 4.78 is 0. The van der Waals surface area contributed by atoms with Gasteiger partial charge in [0.15, 0.2) is 0 Å². The smallest absolute Gasteiger partial charge is 0.0316 e. The Morgan fingerprint density at radius 2 is 2.09 bits per heavy atom. The van der Waals surface area contributed by atoms with Crippen molar-refractivity contribution in [2.45, 2.75) is 26.7 Å². The molecule has 1 aromatic rings. The van der Waals surface area contributed by atoms with Gasteiger partial charge in [0.1, 0.15) is 0 Å². The highest BCUT2D eigenvalue weighted by Crippen LogP contribution is 2.13. The molecule has 0 fully saturated rings. The predicted octanol–water partition coefficient (Wildman–Crippen LogP) is 2.53. The molecule has 0 aliphatic rings. The van der Waals surface area contributed by atoms with Crippen LogP contribution < -0.4 is 5.73 Å². The molecule has 1 aromatic carbocycles. The van der Waals surface area contributed by atoms with Crippen LogP contribution in [0, 0.1) is 6.92 Å². The van der Waals surface area contributed by atoms with E-state index in [4.69, 9.17) is 5.73 Å². The molecule has 0 aliphatic heterocycles. The lowest BCUT2D eigenvalue weighted by Gasteiger charge is -2.04. The normalized spacial score (nSPS) is 10.0. The Labute approximate surface area is 68.2 Å². The molecule has 60 valence electrons. The maximum Gasteiger partial charge on any atom is 0.0316 e. The lowest BCUT2D eigenvalue weighted by molar-refractivity contribution is 0.913. The molecule has 0 unspecified atom stereocenters. The van der Waals surface area contributed by atoms with E-state index in [0.717, 1.165) is 12.1 Å². The van der Waals surface area contributed by atoms with E-state index in [1.54, 1.807) is 0 Å². The first-order valence-corrected chi connectivity index (χ1v) is 4.09. The quantitative estimate of drug-likeness (QED) is 0.642. The van der Waals surface area contributed by atoms with Crippen LogP contribution in [0.15, 0.2) is 18.2 Å². The zero-order valence-corrected chi connectivity index (χ0v) is 7.22.